The summed E-state index contributed by atoms with van der Waals surface area (Å²) in [6.45, 7) is 1.08. The van der Waals surface area contributed by atoms with Crippen molar-refractivity contribution in [1.82, 2.24) is 5.32 Å². The van der Waals surface area contributed by atoms with Crippen LogP contribution in [0.3, 0.4) is 0 Å². The summed E-state index contributed by atoms with van der Waals surface area (Å²) in [4.78, 5) is 12.6. The number of sulfone groups is 1. The van der Waals surface area contributed by atoms with E-state index >= 15 is 0 Å². The fourth-order valence-electron chi connectivity index (χ4n) is 3.25. The van der Waals surface area contributed by atoms with Gasteiger partial charge in [0.1, 0.15) is 0 Å². The predicted octanol–water partition coefficient (Wildman–Crippen LogP) is 1.24. The molecule has 2 fully saturated rings. The van der Waals surface area contributed by atoms with Crippen molar-refractivity contribution in [3.8, 4) is 0 Å². The van der Waals surface area contributed by atoms with Gasteiger partial charge in [-0.05, 0) is 30.7 Å². The Morgan fingerprint density at radius 3 is 2.59 bits per heavy atom. The van der Waals surface area contributed by atoms with Crippen molar-refractivity contribution in [2.75, 3.05) is 24.7 Å². The highest BCUT2D eigenvalue weighted by molar-refractivity contribution is 7.92. The van der Waals surface area contributed by atoms with Gasteiger partial charge >= 0.3 is 0 Å². The Morgan fingerprint density at radius 1 is 1.27 bits per heavy atom. The van der Waals surface area contributed by atoms with Gasteiger partial charge < -0.3 is 10.1 Å². The van der Waals surface area contributed by atoms with Gasteiger partial charge in [0.25, 0.3) is 5.91 Å². The highest BCUT2D eigenvalue weighted by Crippen LogP contribution is 2.36. The van der Waals surface area contributed by atoms with Crippen LogP contribution >= 0.6 is 0 Å². The van der Waals surface area contributed by atoms with E-state index in [1.165, 1.54) is 0 Å². The average molecular weight is 323 g/mol. The molecule has 120 valence electrons. The van der Waals surface area contributed by atoms with Crippen molar-refractivity contribution in [2.24, 2.45) is 5.92 Å². The maximum absolute atomic E-state index is 12.6. The van der Waals surface area contributed by atoms with E-state index in [1.54, 1.807) is 0 Å². The molecule has 1 aromatic rings. The standard InChI is InChI=1S/C16H21NO4S/c18-15(17-9-7-13-11-22(19,20)12-13)16(8-4-10-21-16)14-5-2-1-3-6-14/h1-3,5-6,13H,4,7-12H2,(H,17,18). The zero-order valence-corrected chi connectivity index (χ0v) is 13.3. The number of benzene rings is 1. The van der Waals surface area contributed by atoms with Crippen LogP contribution in [-0.4, -0.2) is 39.0 Å². The molecule has 2 saturated heterocycles. The van der Waals surface area contributed by atoms with E-state index in [2.05, 4.69) is 5.32 Å². The fraction of sp³-hybridized carbons (Fsp3) is 0.562. The van der Waals surface area contributed by atoms with Crippen LogP contribution in [-0.2, 0) is 25.0 Å². The zero-order chi connectivity index (χ0) is 15.6. The zero-order valence-electron chi connectivity index (χ0n) is 12.5. The quantitative estimate of drug-likeness (QED) is 0.885. The molecule has 2 heterocycles. The van der Waals surface area contributed by atoms with Crippen molar-refractivity contribution in [3.05, 3.63) is 35.9 Å². The molecule has 3 rings (SSSR count). The maximum Gasteiger partial charge on any atom is 0.256 e. The SMILES string of the molecule is O=C(NCCC1CS(=O)(=O)C1)C1(c2ccccc2)CCCO1. The summed E-state index contributed by atoms with van der Waals surface area (Å²) in [5.74, 6) is 0.577. The molecular formula is C16H21NO4S. The van der Waals surface area contributed by atoms with Gasteiger partial charge in [-0.15, -0.1) is 0 Å². The molecule has 22 heavy (non-hydrogen) atoms. The van der Waals surface area contributed by atoms with Crippen molar-refractivity contribution in [1.29, 1.82) is 0 Å². The summed E-state index contributed by atoms with van der Waals surface area (Å²) < 4.78 is 28.1. The summed E-state index contributed by atoms with van der Waals surface area (Å²) in [7, 11) is -2.79. The van der Waals surface area contributed by atoms with E-state index in [9.17, 15) is 13.2 Å². The van der Waals surface area contributed by atoms with Crippen LogP contribution < -0.4 is 5.32 Å². The van der Waals surface area contributed by atoms with Gasteiger partial charge in [-0.3, -0.25) is 4.79 Å². The Morgan fingerprint density at radius 2 is 2.00 bits per heavy atom. The van der Waals surface area contributed by atoms with Crippen LogP contribution in [0.5, 0.6) is 0 Å². The van der Waals surface area contributed by atoms with Crippen molar-refractivity contribution in [3.63, 3.8) is 0 Å². The molecule has 0 bridgehead atoms. The Labute approximate surface area is 131 Å². The number of hydrogen-bond donors (Lipinski definition) is 1. The number of rotatable bonds is 5. The summed E-state index contributed by atoms with van der Waals surface area (Å²) in [6, 6.07) is 9.57. The average Bonchev–Trinajstić information content (AvgIpc) is 2.97. The van der Waals surface area contributed by atoms with Crippen molar-refractivity contribution < 1.29 is 17.9 Å². The monoisotopic (exact) mass is 323 g/mol. The first-order valence-corrected chi connectivity index (χ1v) is 9.52. The van der Waals surface area contributed by atoms with Crippen LogP contribution in [0.4, 0.5) is 0 Å². The van der Waals surface area contributed by atoms with Gasteiger partial charge in [-0.25, -0.2) is 8.42 Å². The minimum atomic E-state index is -2.79. The van der Waals surface area contributed by atoms with E-state index in [4.69, 9.17) is 4.74 Å². The number of carbonyl (C=O) groups is 1. The van der Waals surface area contributed by atoms with Crippen LogP contribution in [0.2, 0.25) is 0 Å². The molecule has 0 aromatic heterocycles. The number of ether oxygens (including phenoxy) is 1. The first-order chi connectivity index (χ1) is 10.5. The Bertz CT molecular complexity index is 623. The lowest BCUT2D eigenvalue weighted by molar-refractivity contribution is -0.142. The topological polar surface area (TPSA) is 72.5 Å². The Balaban J connectivity index is 1.59. The lowest BCUT2D eigenvalue weighted by Crippen LogP contribution is -2.46. The lowest BCUT2D eigenvalue weighted by Gasteiger charge is -2.29. The second-order valence-electron chi connectivity index (χ2n) is 6.13. The van der Waals surface area contributed by atoms with Gasteiger partial charge in [-0.1, -0.05) is 30.3 Å². The molecule has 2 aliphatic heterocycles. The molecule has 0 aliphatic carbocycles. The maximum atomic E-state index is 12.6. The molecule has 2 aliphatic rings. The lowest BCUT2D eigenvalue weighted by atomic mass is 9.90. The van der Waals surface area contributed by atoms with Crippen LogP contribution in [0, 0.1) is 5.92 Å². The second kappa shape index (κ2) is 6.01. The second-order valence-corrected chi connectivity index (χ2v) is 8.29. The first kappa shape index (κ1) is 15.5. The van der Waals surface area contributed by atoms with Gasteiger partial charge in [0.2, 0.25) is 0 Å². The summed E-state index contributed by atoms with van der Waals surface area (Å²) in [5.41, 5.74) is 0.00340. The van der Waals surface area contributed by atoms with E-state index in [-0.39, 0.29) is 23.3 Å². The molecule has 1 N–H and O–H groups in total. The van der Waals surface area contributed by atoms with E-state index in [0.717, 1.165) is 12.0 Å². The van der Waals surface area contributed by atoms with Gasteiger partial charge in [-0.2, -0.15) is 0 Å². The number of amides is 1. The van der Waals surface area contributed by atoms with E-state index in [1.807, 2.05) is 30.3 Å². The molecule has 1 aromatic carbocycles. The smallest absolute Gasteiger partial charge is 0.256 e. The summed E-state index contributed by atoms with van der Waals surface area (Å²) in [5, 5.41) is 2.93. The van der Waals surface area contributed by atoms with Crippen molar-refractivity contribution >= 4 is 15.7 Å². The van der Waals surface area contributed by atoms with Crippen LogP contribution in [0.1, 0.15) is 24.8 Å². The molecule has 0 radical (unpaired) electrons. The van der Waals surface area contributed by atoms with Gasteiger partial charge in [0, 0.05) is 13.2 Å². The predicted molar refractivity (Wildman–Crippen MR) is 83.1 cm³/mol. The third-order valence-electron chi connectivity index (χ3n) is 4.45. The van der Waals surface area contributed by atoms with E-state index in [0.29, 0.717) is 26.0 Å². The third-order valence-corrected chi connectivity index (χ3v) is 6.40. The molecule has 1 amide bonds. The molecule has 6 heteroatoms. The van der Waals surface area contributed by atoms with E-state index < -0.39 is 15.4 Å². The summed E-state index contributed by atoms with van der Waals surface area (Å²) >= 11 is 0. The minimum absolute atomic E-state index is 0.113. The fourth-order valence-corrected chi connectivity index (χ4v) is 4.93. The highest BCUT2D eigenvalue weighted by atomic mass is 32.2. The third kappa shape index (κ3) is 3.03. The largest absolute Gasteiger partial charge is 0.360 e. The van der Waals surface area contributed by atoms with Gasteiger partial charge in [0.15, 0.2) is 15.4 Å². The Hall–Kier alpha value is -1.40. The molecule has 0 spiro atoms. The molecule has 1 unspecified atom stereocenters. The Kier molecular flexibility index (Phi) is 4.23. The minimum Gasteiger partial charge on any atom is -0.360 e. The molecule has 5 nitrogen and oxygen atoms in total. The number of hydrogen-bond acceptors (Lipinski definition) is 4. The van der Waals surface area contributed by atoms with Crippen LogP contribution in [0.15, 0.2) is 30.3 Å². The molecular weight excluding hydrogens is 302 g/mol. The molecule has 1 atom stereocenters. The number of nitrogens with one attached hydrogen (secondary N) is 1. The molecule has 0 saturated carbocycles. The van der Waals surface area contributed by atoms with Gasteiger partial charge in [0.05, 0.1) is 11.5 Å². The normalized spacial score (nSPS) is 27.3. The van der Waals surface area contributed by atoms with Crippen molar-refractivity contribution in [2.45, 2.75) is 24.9 Å². The van der Waals surface area contributed by atoms with Crippen LogP contribution in [0.25, 0.3) is 0 Å². The summed E-state index contributed by atoms with van der Waals surface area (Å²) in [6.07, 6.45) is 2.25. The first-order valence-electron chi connectivity index (χ1n) is 7.70. The number of carbonyl (C=O) groups excluding carboxylic acids is 1. The highest BCUT2D eigenvalue weighted by Gasteiger charge is 2.44.